The molecule has 0 radical (unpaired) electrons. The monoisotopic (exact) mass is 318 g/mol. The molecule has 0 aromatic carbocycles. The molecule has 0 aromatic heterocycles. The van der Waals surface area contributed by atoms with Crippen LogP contribution in [0.2, 0.25) is 18.1 Å². The minimum Gasteiger partial charge on any atom is -0.413 e. The first-order valence-corrected chi connectivity index (χ1v) is 10.8. The maximum absolute atomic E-state index is 10.4. The van der Waals surface area contributed by atoms with E-state index in [4.69, 9.17) is 13.9 Å². The molecular formula is C16H34O4Si. The summed E-state index contributed by atoms with van der Waals surface area (Å²) in [7, 11) is -0.213. The molecule has 0 aliphatic heterocycles. The summed E-state index contributed by atoms with van der Waals surface area (Å²) in [4.78, 5) is 0. The molecule has 1 saturated carbocycles. The number of rotatable bonds is 7. The number of aliphatic hydroxyl groups excluding tert-OH is 1. The Bertz CT molecular complexity index is 336. The Morgan fingerprint density at radius 2 is 1.76 bits per heavy atom. The van der Waals surface area contributed by atoms with Crippen molar-refractivity contribution < 1.29 is 19.0 Å². The molecule has 21 heavy (non-hydrogen) atoms. The van der Waals surface area contributed by atoms with Crippen LogP contribution >= 0.6 is 0 Å². The van der Waals surface area contributed by atoms with Crippen molar-refractivity contribution in [2.24, 2.45) is 11.3 Å². The summed E-state index contributed by atoms with van der Waals surface area (Å²) in [6.07, 6.45) is 0.603. The Morgan fingerprint density at radius 1 is 1.19 bits per heavy atom. The van der Waals surface area contributed by atoms with Gasteiger partial charge in [-0.3, -0.25) is 0 Å². The maximum Gasteiger partial charge on any atom is 0.192 e. The molecule has 1 rings (SSSR count). The van der Waals surface area contributed by atoms with Gasteiger partial charge in [0.25, 0.3) is 0 Å². The fourth-order valence-electron chi connectivity index (χ4n) is 2.72. The molecule has 5 heteroatoms. The average molecular weight is 319 g/mol. The van der Waals surface area contributed by atoms with Crippen LogP contribution in [-0.2, 0) is 13.9 Å². The summed E-state index contributed by atoms with van der Waals surface area (Å²) < 4.78 is 16.8. The molecular weight excluding hydrogens is 284 g/mol. The van der Waals surface area contributed by atoms with Crippen molar-refractivity contribution >= 4 is 8.32 Å². The van der Waals surface area contributed by atoms with Crippen LogP contribution in [0.15, 0.2) is 0 Å². The normalized spacial score (nSPS) is 29.3. The molecule has 1 aliphatic rings. The van der Waals surface area contributed by atoms with Gasteiger partial charge in [-0.2, -0.15) is 0 Å². The first-order chi connectivity index (χ1) is 9.45. The number of aliphatic hydroxyl groups is 1. The Balaban J connectivity index is 2.68. The van der Waals surface area contributed by atoms with Gasteiger partial charge in [0.2, 0.25) is 0 Å². The SMILES string of the molecule is COCOCC[C@H]1[C@H](O)C(C)(C)[C@H]1O[Si](C)(C)C(C)(C)C. The van der Waals surface area contributed by atoms with Gasteiger partial charge < -0.3 is 19.0 Å². The lowest BCUT2D eigenvalue weighted by Gasteiger charge is -2.58. The average Bonchev–Trinajstić information content (AvgIpc) is 2.35. The highest BCUT2D eigenvalue weighted by Crippen LogP contribution is 2.52. The predicted molar refractivity (Wildman–Crippen MR) is 87.8 cm³/mol. The van der Waals surface area contributed by atoms with Gasteiger partial charge >= 0.3 is 0 Å². The van der Waals surface area contributed by atoms with Crippen LogP contribution in [0.25, 0.3) is 0 Å². The van der Waals surface area contributed by atoms with Crippen molar-refractivity contribution in [1.29, 1.82) is 0 Å². The molecule has 3 atom stereocenters. The Labute approximate surface area is 131 Å². The van der Waals surface area contributed by atoms with Crippen molar-refractivity contribution in [3.05, 3.63) is 0 Å². The number of ether oxygens (including phenoxy) is 2. The molecule has 126 valence electrons. The second-order valence-corrected chi connectivity index (χ2v) is 13.1. The second kappa shape index (κ2) is 6.67. The van der Waals surface area contributed by atoms with Gasteiger partial charge in [0, 0.05) is 25.0 Å². The third-order valence-corrected chi connectivity index (χ3v) is 9.77. The van der Waals surface area contributed by atoms with Crippen LogP contribution in [0.3, 0.4) is 0 Å². The second-order valence-electron chi connectivity index (χ2n) is 8.33. The lowest BCUT2D eigenvalue weighted by Crippen LogP contribution is -2.66. The van der Waals surface area contributed by atoms with Crippen LogP contribution in [-0.4, -0.2) is 46.1 Å². The molecule has 1 fully saturated rings. The van der Waals surface area contributed by atoms with Crippen LogP contribution in [0.1, 0.15) is 41.0 Å². The van der Waals surface area contributed by atoms with Gasteiger partial charge in [-0.1, -0.05) is 34.6 Å². The largest absolute Gasteiger partial charge is 0.413 e. The summed E-state index contributed by atoms with van der Waals surface area (Å²) in [6.45, 7) is 16.4. The quantitative estimate of drug-likeness (QED) is 0.444. The molecule has 0 spiro atoms. The van der Waals surface area contributed by atoms with Gasteiger partial charge in [0.15, 0.2) is 8.32 Å². The molecule has 0 unspecified atom stereocenters. The smallest absolute Gasteiger partial charge is 0.192 e. The fourth-order valence-corrected chi connectivity index (χ4v) is 4.19. The van der Waals surface area contributed by atoms with E-state index in [1.54, 1.807) is 7.11 Å². The molecule has 1 N–H and O–H groups in total. The van der Waals surface area contributed by atoms with Gasteiger partial charge in [0.05, 0.1) is 12.2 Å². The van der Waals surface area contributed by atoms with Gasteiger partial charge in [-0.25, -0.2) is 0 Å². The highest BCUT2D eigenvalue weighted by atomic mass is 28.4. The van der Waals surface area contributed by atoms with E-state index in [0.29, 0.717) is 13.4 Å². The Hall–Kier alpha value is 0.0569. The summed E-state index contributed by atoms with van der Waals surface area (Å²) >= 11 is 0. The minimum atomic E-state index is -1.83. The van der Waals surface area contributed by atoms with Crippen molar-refractivity contribution in [2.45, 2.75) is 71.4 Å². The third-order valence-electron chi connectivity index (χ3n) is 5.31. The summed E-state index contributed by atoms with van der Waals surface area (Å²) in [6, 6.07) is 0. The lowest BCUT2D eigenvalue weighted by atomic mass is 9.58. The third kappa shape index (κ3) is 4.08. The molecule has 0 amide bonds. The summed E-state index contributed by atoms with van der Waals surface area (Å²) in [5.41, 5.74) is -0.179. The maximum atomic E-state index is 10.4. The zero-order valence-electron chi connectivity index (χ0n) is 15.0. The van der Waals surface area contributed by atoms with Gasteiger partial charge in [-0.15, -0.1) is 0 Å². The first kappa shape index (κ1) is 19.1. The molecule has 0 heterocycles. The zero-order chi connectivity index (χ0) is 16.5. The van der Waals surface area contributed by atoms with Crippen LogP contribution in [0.4, 0.5) is 0 Å². The zero-order valence-corrected chi connectivity index (χ0v) is 16.0. The molecule has 0 aromatic rings. The molecule has 0 saturated heterocycles. The van der Waals surface area contributed by atoms with E-state index in [1.807, 2.05) is 0 Å². The van der Waals surface area contributed by atoms with Crippen molar-refractivity contribution in [2.75, 3.05) is 20.5 Å². The summed E-state index contributed by atoms with van der Waals surface area (Å²) in [5, 5.41) is 10.6. The standard InChI is InChI=1S/C16H34O4Si/c1-15(2,3)21(7,8)20-14-12(9-10-19-11-18-6)13(17)16(14,4)5/h12-14,17H,9-11H2,1-8H3/t12-,13-,14-/m0/s1. The van der Waals surface area contributed by atoms with Crippen molar-refractivity contribution in [1.82, 2.24) is 0 Å². The number of hydrogen-bond donors (Lipinski definition) is 1. The minimum absolute atomic E-state index is 0.111. The van der Waals surface area contributed by atoms with E-state index < -0.39 is 8.32 Å². The van der Waals surface area contributed by atoms with E-state index in [0.717, 1.165) is 6.42 Å². The van der Waals surface area contributed by atoms with E-state index >= 15 is 0 Å². The van der Waals surface area contributed by atoms with Gasteiger partial charge in [-0.05, 0) is 24.6 Å². The topological polar surface area (TPSA) is 47.9 Å². The molecule has 0 bridgehead atoms. The first-order valence-electron chi connectivity index (χ1n) is 7.87. The lowest BCUT2D eigenvalue weighted by molar-refractivity contribution is -0.201. The van der Waals surface area contributed by atoms with Crippen LogP contribution in [0, 0.1) is 11.3 Å². The van der Waals surface area contributed by atoms with Crippen LogP contribution in [0.5, 0.6) is 0 Å². The van der Waals surface area contributed by atoms with E-state index in [1.165, 1.54) is 0 Å². The number of hydrogen-bond acceptors (Lipinski definition) is 4. The number of methoxy groups -OCH3 is 1. The van der Waals surface area contributed by atoms with E-state index in [9.17, 15) is 5.11 Å². The Kier molecular flexibility index (Phi) is 6.06. The van der Waals surface area contributed by atoms with Gasteiger partial charge in [0.1, 0.15) is 6.79 Å². The van der Waals surface area contributed by atoms with Crippen molar-refractivity contribution in [3.63, 3.8) is 0 Å². The molecule has 1 aliphatic carbocycles. The summed E-state index contributed by atoms with van der Waals surface area (Å²) in [5.74, 6) is 0.158. The predicted octanol–water partition coefficient (Wildman–Crippen LogP) is 3.40. The van der Waals surface area contributed by atoms with E-state index in [-0.39, 0.29) is 28.6 Å². The van der Waals surface area contributed by atoms with Crippen LogP contribution < -0.4 is 0 Å². The molecule has 4 nitrogen and oxygen atoms in total. The highest BCUT2D eigenvalue weighted by molar-refractivity contribution is 6.74. The van der Waals surface area contributed by atoms with Crippen molar-refractivity contribution in [3.8, 4) is 0 Å². The van der Waals surface area contributed by atoms with E-state index in [2.05, 4.69) is 47.7 Å². The highest BCUT2D eigenvalue weighted by Gasteiger charge is 2.58. The fraction of sp³-hybridized carbons (Fsp3) is 1.00. The Morgan fingerprint density at radius 3 is 2.24 bits per heavy atom.